The third-order valence-corrected chi connectivity index (χ3v) is 1.59. The van der Waals surface area contributed by atoms with Gasteiger partial charge >= 0.3 is 0 Å². The highest BCUT2D eigenvalue weighted by atomic mass is 15.1. The fraction of sp³-hybridized carbons (Fsp3) is 0.875. The Labute approximate surface area is 63.9 Å². The first-order valence-corrected chi connectivity index (χ1v) is 3.86. The summed E-state index contributed by atoms with van der Waals surface area (Å²) < 4.78 is 0. The monoisotopic (exact) mass is 142 g/mol. The third-order valence-electron chi connectivity index (χ3n) is 1.59. The van der Waals surface area contributed by atoms with Crippen molar-refractivity contribution in [3.8, 4) is 0 Å². The van der Waals surface area contributed by atoms with Gasteiger partial charge in [-0.25, -0.2) is 0 Å². The van der Waals surface area contributed by atoms with Gasteiger partial charge in [0, 0.05) is 7.05 Å². The van der Waals surface area contributed by atoms with Crippen LogP contribution in [0.4, 0.5) is 0 Å². The van der Waals surface area contributed by atoms with E-state index in [4.69, 9.17) is 0 Å². The van der Waals surface area contributed by atoms with E-state index in [1.807, 2.05) is 6.92 Å². The molecule has 60 valence electrons. The van der Waals surface area contributed by atoms with Crippen LogP contribution >= 0.6 is 0 Å². The lowest BCUT2D eigenvalue weighted by atomic mass is 10.4. The van der Waals surface area contributed by atoms with Gasteiger partial charge in [0.25, 0.3) is 0 Å². The van der Waals surface area contributed by atoms with Crippen molar-refractivity contribution in [1.29, 1.82) is 0 Å². The first-order chi connectivity index (χ1) is 4.81. The molecule has 0 aromatic heterocycles. The van der Waals surface area contributed by atoms with Crippen LogP contribution in [0.5, 0.6) is 0 Å². The molecule has 0 unspecified atom stereocenters. The van der Waals surface area contributed by atoms with Crippen LogP contribution in [0, 0.1) is 0 Å². The van der Waals surface area contributed by atoms with E-state index in [0.29, 0.717) is 0 Å². The minimum absolute atomic E-state index is 1.32. The van der Waals surface area contributed by atoms with Crippen molar-refractivity contribution < 1.29 is 0 Å². The highest BCUT2D eigenvalue weighted by Gasteiger charge is 2.03. The Morgan fingerprint density at radius 1 is 1.30 bits per heavy atom. The van der Waals surface area contributed by atoms with Crippen LogP contribution < -0.4 is 0 Å². The molecule has 0 aromatic rings. The molecule has 10 heavy (non-hydrogen) atoms. The van der Waals surface area contributed by atoms with Crippen molar-refractivity contribution >= 4 is 6.21 Å². The summed E-state index contributed by atoms with van der Waals surface area (Å²) in [4.78, 5) is 5.97. The van der Waals surface area contributed by atoms with Crippen molar-refractivity contribution in [1.82, 2.24) is 4.90 Å². The molecular weight excluding hydrogens is 124 g/mol. The minimum Gasteiger partial charge on any atom is -0.306 e. The predicted molar refractivity (Wildman–Crippen MR) is 46.8 cm³/mol. The molecule has 2 heteroatoms. The summed E-state index contributed by atoms with van der Waals surface area (Å²) in [6.07, 6.45) is 4.58. The number of hydrogen-bond acceptors (Lipinski definition) is 2. The second-order valence-corrected chi connectivity index (χ2v) is 2.53. The molecule has 0 saturated carbocycles. The van der Waals surface area contributed by atoms with Gasteiger partial charge in [-0.1, -0.05) is 0 Å². The predicted octanol–water partition coefficient (Wildman–Crippen LogP) is 1.42. The van der Waals surface area contributed by atoms with Gasteiger partial charge < -0.3 is 9.89 Å². The molecule has 0 N–H and O–H groups in total. The Bertz CT molecular complexity index is 79.3. The molecule has 1 aliphatic rings. The average molecular weight is 142 g/mol. The van der Waals surface area contributed by atoms with E-state index in [9.17, 15) is 0 Å². The Balaban J connectivity index is 0.000000180. The van der Waals surface area contributed by atoms with Crippen LogP contribution in [0.3, 0.4) is 0 Å². The molecular formula is C8H18N2. The molecule has 1 fully saturated rings. The quantitative estimate of drug-likeness (QED) is 0.467. The van der Waals surface area contributed by atoms with E-state index in [-0.39, 0.29) is 0 Å². The van der Waals surface area contributed by atoms with Gasteiger partial charge in [0.05, 0.1) is 0 Å². The lowest BCUT2D eigenvalue weighted by molar-refractivity contribution is 0.418. The molecule has 0 aliphatic carbocycles. The fourth-order valence-corrected chi connectivity index (χ4v) is 0.875. The van der Waals surface area contributed by atoms with Crippen molar-refractivity contribution in [3.05, 3.63) is 0 Å². The second-order valence-electron chi connectivity index (χ2n) is 2.53. The van der Waals surface area contributed by atoms with E-state index in [1.54, 1.807) is 13.3 Å². The summed E-state index contributed by atoms with van der Waals surface area (Å²) >= 11 is 0. The van der Waals surface area contributed by atoms with Gasteiger partial charge in [-0.05, 0) is 46.1 Å². The summed E-state index contributed by atoms with van der Waals surface area (Å²) in [5.41, 5.74) is 0. The lowest BCUT2D eigenvalue weighted by Gasteiger charge is -2.01. The van der Waals surface area contributed by atoms with Crippen LogP contribution in [0.1, 0.15) is 19.8 Å². The summed E-state index contributed by atoms with van der Waals surface area (Å²) in [6, 6.07) is 0. The zero-order valence-corrected chi connectivity index (χ0v) is 7.30. The van der Waals surface area contributed by atoms with Crippen molar-refractivity contribution in [2.45, 2.75) is 19.8 Å². The Hall–Kier alpha value is -0.370. The van der Waals surface area contributed by atoms with Crippen LogP contribution in [0.2, 0.25) is 0 Å². The second kappa shape index (κ2) is 6.75. The minimum atomic E-state index is 1.32. The molecule has 0 amide bonds. The summed E-state index contributed by atoms with van der Waals surface area (Å²) in [5.74, 6) is 0. The molecule has 0 aromatic carbocycles. The van der Waals surface area contributed by atoms with Crippen molar-refractivity contribution in [2.75, 3.05) is 27.2 Å². The molecule has 1 aliphatic heterocycles. The smallest absolute Gasteiger partial charge is 0.0273 e. The zero-order valence-electron chi connectivity index (χ0n) is 7.30. The highest BCUT2D eigenvalue weighted by Crippen LogP contribution is 2.01. The van der Waals surface area contributed by atoms with E-state index in [2.05, 4.69) is 16.9 Å². The summed E-state index contributed by atoms with van der Waals surface area (Å²) in [6.45, 7) is 4.53. The van der Waals surface area contributed by atoms with Gasteiger partial charge in [-0.15, -0.1) is 0 Å². The van der Waals surface area contributed by atoms with Crippen LogP contribution in [-0.4, -0.2) is 38.3 Å². The molecule has 0 atom stereocenters. The first-order valence-electron chi connectivity index (χ1n) is 3.86. The Morgan fingerprint density at radius 2 is 1.70 bits per heavy atom. The molecule has 2 nitrogen and oxygen atoms in total. The van der Waals surface area contributed by atoms with Crippen LogP contribution in [-0.2, 0) is 0 Å². The standard InChI is InChI=1S/C5H11N.C3H7N/c1-6-4-2-3-5-6;1-3-4-2/h2-5H2,1H3;3H,1-2H3. The lowest BCUT2D eigenvalue weighted by Crippen LogP contribution is -2.10. The van der Waals surface area contributed by atoms with E-state index in [0.717, 1.165) is 0 Å². The van der Waals surface area contributed by atoms with Gasteiger partial charge in [0.1, 0.15) is 0 Å². The maximum Gasteiger partial charge on any atom is 0.0273 e. The van der Waals surface area contributed by atoms with Crippen LogP contribution in [0.25, 0.3) is 0 Å². The van der Waals surface area contributed by atoms with Gasteiger partial charge in [0.2, 0.25) is 0 Å². The number of aliphatic imine (C=N–C) groups is 1. The van der Waals surface area contributed by atoms with Crippen LogP contribution in [0.15, 0.2) is 4.99 Å². The van der Waals surface area contributed by atoms with E-state index in [1.165, 1.54) is 25.9 Å². The molecule has 1 saturated heterocycles. The molecule has 0 bridgehead atoms. The van der Waals surface area contributed by atoms with Gasteiger partial charge in [-0.3, -0.25) is 0 Å². The van der Waals surface area contributed by atoms with Crippen molar-refractivity contribution in [2.24, 2.45) is 4.99 Å². The summed E-state index contributed by atoms with van der Waals surface area (Å²) in [7, 11) is 3.92. The van der Waals surface area contributed by atoms with E-state index >= 15 is 0 Å². The van der Waals surface area contributed by atoms with Gasteiger partial charge in [-0.2, -0.15) is 0 Å². The number of likely N-dealkylation sites (tertiary alicyclic amines) is 1. The number of rotatable bonds is 0. The van der Waals surface area contributed by atoms with Crippen molar-refractivity contribution in [3.63, 3.8) is 0 Å². The normalized spacial score (nSPS) is 19.1. The fourth-order valence-electron chi connectivity index (χ4n) is 0.875. The summed E-state index contributed by atoms with van der Waals surface area (Å²) in [5, 5.41) is 0. The Morgan fingerprint density at radius 3 is 1.80 bits per heavy atom. The maximum atomic E-state index is 3.61. The maximum absolute atomic E-state index is 3.61. The number of hydrogen-bond donors (Lipinski definition) is 0. The highest BCUT2D eigenvalue weighted by molar-refractivity contribution is 5.52. The first kappa shape index (κ1) is 9.63. The average Bonchev–Trinajstić information content (AvgIpc) is 2.40. The zero-order chi connectivity index (χ0) is 7.82. The van der Waals surface area contributed by atoms with Gasteiger partial charge in [0.15, 0.2) is 0 Å². The SMILES string of the molecule is CC=NC.CN1CCCC1. The molecule has 0 radical (unpaired) electrons. The molecule has 1 rings (SSSR count). The molecule has 0 spiro atoms. The van der Waals surface area contributed by atoms with E-state index < -0.39 is 0 Å². The Kier molecular flexibility index (Phi) is 6.50. The molecule has 1 heterocycles. The largest absolute Gasteiger partial charge is 0.306 e. The third kappa shape index (κ3) is 5.76. The topological polar surface area (TPSA) is 15.6 Å². The number of nitrogens with zero attached hydrogens (tertiary/aromatic N) is 2.